The van der Waals surface area contributed by atoms with Crippen LogP contribution in [0.1, 0.15) is 201 Å². The van der Waals surface area contributed by atoms with Crippen molar-refractivity contribution in [3.8, 4) is 0 Å². The Morgan fingerprint density at radius 3 is 1.71 bits per heavy atom. The van der Waals surface area contributed by atoms with Crippen molar-refractivity contribution < 1.29 is 24.5 Å². The number of hydrogen-bond donors (Lipinski definition) is 3. The molecule has 0 aliphatic rings. The lowest BCUT2D eigenvalue weighted by Crippen LogP contribution is -2.46. The molecule has 296 valence electrons. The van der Waals surface area contributed by atoms with E-state index in [0.29, 0.717) is 19.3 Å². The molecule has 0 rings (SSSR count). The molecular weight excluding hydrogens is 634 g/mol. The molecule has 3 N–H and O–H groups in total. The first-order valence-corrected chi connectivity index (χ1v) is 21.4. The second-order valence-corrected chi connectivity index (χ2v) is 14.4. The van der Waals surface area contributed by atoms with E-state index < -0.39 is 18.2 Å². The van der Waals surface area contributed by atoms with Crippen LogP contribution in [0.2, 0.25) is 0 Å². The summed E-state index contributed by atoms with van der Waals surface area (Å²) < 4.78 is 5.86. The SMILES string of the molecule is CC/C=C/C=C/C=C\CCCCCCCC(=O)OC(CCCCC/C=C\CCCCC)CC(=O)NC(CO)C(O)CCCCCCCCCCC. The summed E-state index contributed by atoms with van der Waals surface area (Å²) in [6, 6.07) is -0.707. The van der Waals surface area contributed by atoms with E-state index in [1.165, 1.54) is 57.8 Å². The number of rotatable bonds is 37. The average molecular weight is 716 g/mol. The summed E-state index contributed by atoms with van der Waals surface area (Å²) in [5.74, 6) is -0.520. The number of carbonyl (C=O) groups is 2. The van der Waals surface area contributed by atoms with Gasteiger partial charge in [-0.1, -0.05) is 166 Å². The van der Waals surface area contributed by atoms with Crippen molar-refractivity contribution >= 4 is 11.9 Å². The largest absolute Gasteiger partial charge is 0.462 e. The van der Waals surface area contributed by atoms with Gasteiger partial charge in [0.15, 0.2) is 0 Å². The van der Waals surface area contributed by atoms with Gasteiger partial charge >= 0.3 is 5.97 Å². The minimum atomic E-state index is -0.791. The van der Waals surface area contributed by atoms with Gasteiger partial charge in [0.25, 0.3) is 0 Å². The van der Waals surface area contributed by atoms with Gasteiger partial charge in [-0.3, -0.25) is 9.59 Å². The lowest BCUT2D eigenvalue weighted by Gasteiger charge is -2.24. The third-order valence-electron chi connectivity index (χ3n) is 9.45. The molecule has 51 heavy (non-hydrogen) atoms. The van der Waals surface area contributed by atoms with Gasteiger partial charge < -0.3 is 20.3 Å². The monoisotopic (exact) mass is 716 g/mol. The maximum absolute atomic E-state index is 13.1. The molecule has 0 aromatic rings. The molecule has 6 nitrogen and oxygen atoms in total. The third-order valence-corrected chi connectivity index (χ3v) is 9.45. The molecule has 0 spiro atoms. The molecule has 0 aliphatic heterocycles. The summed E-state index contributed by atoms with van der Waals surface area (Å²) in [6.45, 7) is 6.27. The van der Waals surface area contributed by atoms with Crippen LogP contribution in [-0.4, -0.2) is 46.9 Å². The molecule has 0 bridgehead atoms. The molecule has 0 aromatic carbocycles. The lowest BCUT2D eigenvalue weighted by molar-refractivity contribution is -0.151. The van der Waals surface area contributed by atoms with Crippen molar-refractivity contribution in [1.29, 1.82) is 0 Å². The van der Waals surface area contributed by atoms with Crippen LogP contribution in [0.15, 0.2) is 48.6 Å². The molecule has 0 radical (unpaired) electrons. The van der Waals surface area contributed by atoms with Gasteiger partial charge in [-0.05, 0) is 70.6 Å². The normalized spacial score (nSPS) is 13.9. The van der Waals surface area contributed by atoms with Crippen LogP contribution in [0.3, 0.4) is 0 Å². The van der Waals surface area contributed by atoms with Gasteiger partial charge in [-0.25, -0.2) is 0 Å². The van der Waals surface area contributed by atoms with E-state index >= 15 is 0 Å². The zero-order valence-corrected chi connectivity index (χ0v) is 33.5. The van der Waals surface area contributed by atoms with Crippen LogP contribution in [0.4, 0.5) is 0 Å². The van der Waals surface area contributed by atoms with Crippen LogP contribution in [0.25, 0.3) is 0 Å². The van der Waals surface area contributed by atoms with Crippen molar-refractivity contribution in [2.75, 3.05) is 6.61 Å². The highest BCUT2D eigenvalue weighted by atomic mass is 16.5. The van der Waals surface area contributed by atoms with Gasteiger partial charge in [-0.2, -0.15) is 0 Å². The van der Waals surface area contributed by atoms with Crippen LogP contribution < -0.4 is 5.32 Å². The summed E-state index contributed by atoms with van der Waals surface area (Å²) in [7, 11) is 0. The number of aliphatic hydroxyl groups is 2. The Bertz CT molecular complexity index is 895. The Kier molecular flexibility index (Phi) is 37.4. The molecule has 0 aliphatic carbocycles. The topological polar surface area (TPSA) is 95.9 Å². The number of amides is 1. The van der Waals surface area contributed by atoms with Crippen LogP contribution in [0.5, 0.6) is 0 Å². The summed E-state index contributed by atoms with van der Waals surface area (Å²) in [5.41, 5.74) is 0. The number of carbonyl (C=O) groups excluding carboxylic acids is 2. The quantitative estimate of drug-likeness (QED) is 0.0257. The average Bonchev–Trinajstić information content (AvgIpc) is 3.12. The fraction of sp³-hybridized carbons (Fsp3) is 0.778. The fourth-order valence-corrected chi connectivity index (χ4v) is 6.19. The highest BCUT2D eigenvalue weighted by Gasteiger charge is 2.24. The first kappa shape index (κ1) is 48.8. The minimum absolute atomic E-state index is 0.0575. The lowest BCUT2D eigenvalue weighted by atomic mass is 10.0. The number of hydrogen-bond acceptors (Lipinski definition) is 5. The maximum Gasteiger partial charge on any atom is 0.306 e. The van der Waals surface area contributed by atoms with E-state index in [0.717, 1.165) is 96.3 Å². The molecule has 0 fully saturated rings. The zero-order valence-electron chi connectivity index (χ0n) is 33.5. The molecule has 3 atom stereocenters. The molecule has 6 heteroatoms. The zero-order chi connectivity index (χ0) is 37.5. The highest BCUT2D eigenvalue weighted by Crippen LogP contribution is 2.17. The van der Waals surface area contributed by atoms with Gasteiger partial charge in [0.05, 0.1) is 25.2 Å². The summed E-state index contributed by atoms with van der Waals surface area (Å²) in [4.78, 5) is 25.9. The fourth-order valence-electron chi connectivity index (χ4n) is 6.19. The Labute approximate surface area is 315 Å². The highest BCUT2D eigenvalue weighted by molar-refractivity contribution is 5.77. The molecule has 0 aromatic heterocycles. The van der Waals surface area contributed by atoms with E-state index in [4.69, 9.17) is 4.74 Å². The van der Waals surface area contributed by atoms with Gasteiger partial charge in [-0.15, -0.1) is 0 Å². The van der Waals surface area contributed by atoms with E-state index in [9.17, 15) is 19.8 Å². The molecular formula is C45H81NO5. The van der Waals surface area contributed by atoms with Crippen LogP contribution >= 0.6 is 0 Å². The third kappa shape index (κ3) is 34.7. The number of unbranched alkanes of at least 4 members (excludes halogenated alkanes) is 19. The molecule has 0 saturated heterocycles. The van der Waals surface area contributed by atoms with E-state index in [2.05, 4.69) is 74.7 Å². The van der Waals surface area contributed by atoms with Crippen molar-refractivity contribution in [1.82, 2.24) is 5.32 Å². The van der Waals surface area contributed by atoms with Crippen LogP contribution in [-0.2, 0) is 14.3 Å². The second kappa shape index (κ2) is 39.0. The number of aliphatic hydroxyl groups excluding tert-OH is 2. The van der Waals surface area contributed by atoms with Crippen molar-refractivity contribution in [2.45, 2.75) is 219 Å². The maximum atomic E-state index is 13.1. The van der Waals surface area contributed by atoms with Crippen LogP contribution in [0, 0.1) is 0 Å². The van der Waals surface area contributed by atoms with E-state index in [-0.39, 0.29) is 24.9 Å². The van der Waals surface area contributed by atoms with E-state index in [1.54, 1.807) is 0 Å². The molecule has 0 saturated carbocycles. The Hall–Kier alpha value is -2.18. The van der Waals surface area contributed by atoms with Gasteiger partial charge in [0.1, 0.15) is 6.10 Å². The summed E-state index contributed by atoms with van der Waals surface area (Å²) >= 11 is 0. The molecule has 0 heterocycles. The Morgan fingerprint density at radius 1 is 0.588 bits per heavy atom. The first-order chi connectivity index (χ1) is 25.0. The van der Waals surface area contributed by atoms with Gasteiger partial charge in [0, 0.05) is 6.42 Å². The number of esters is 1. The number of allylic oxidation sites excluding steroid dienone is 8. The molecule has 1 amide bonds. The molecule has 3 unspecified atom stereocenters. The standard InChI is InChI=1S/C45H81NO5/c1-4-7-10-13-16-19-21-22-23-26-29-32-35-38-45(50)51-41(36-33-30-27-25-20-17-14-11-8-5-2)39-44(49)46-42(40-47)43(48)37-34-31-28-24-18-15-12-9-6-3/h7,10,13,16-17,19-21,41-43,47-48H,4-6,8-9,11-12,14-15,18,22-40H2,1-3H3,(H,46,49)/b10-7+,16-13+,20-17-,21-19-. The Morgan fingerprint density at radius 2 is 1.08 bits per heavy atom. The Balaban J connectivity index is 4.64. The van der Waals surface area contributed by atoms with E-state index in [1.807, 2.05) is 0 Å². The second-order valence-electron chi connectivity index (χ2n) is 14.4. The summed E-state index contributed by atoms with van der Waals surface area (Å²) in [5, 5.41) is 23.5. The number of ether oxygens (including phenoxy) is 1. The van der Waals surface area contributed by atoms with Crippen molar-refractivity contribution in [3.63, 3.8) is 0 Å². The smallest absolute Gasteiger partial charge is 0.306 e. The predicted molar refractivity (Wildman–Crippen MR) is 218 cm³/mol. The predicted octanol–water partition coefficient (Wildman–Crippen LogP) is 11.9. The number of nitrogens with one attached hydrogen (secondary N) is 1. The first-order valence-electron chi connectivity index (χ1n) is 21.4. The van der Waals surface area contributed by atoms with Crippen molar-refractivity contribution in [2.24, 2.45) is 0 Å². The van der Waals surface area contributed by atoms with Crippen molar-refractivity contribution in [3.05, 3.63) is 48.6 Å². The summed E-state index contributed by atoms with van der Waals surface area (Å²) in [6.07, 6.45) is 44.6. The van der Waals surface area contributed by atoms with Gasteiger partial charge in [0.2, 0.25) is 5.91 Å². The minimum Gasteiger partial charge on any atom is -0.462 e.